The molecule has 0 bridgehead atoms. The number of carbonyl (C=O) groups excluding carboxylic acids is 1. The number of carbonyl (C=O) groups is 1. The lowest BCUT2D eigenvalue weighted by Crippen LogP contribution is -2.26. The molecule has 2 aromatic carbocycles. The van der Waals surface area contributed by atoms with Crippen LogP contribution in [0.5, 0.6) is 0 Å². The maximum Gasteiger partial charge on any atom is 0.273 e. The number of hydrogen-bond donors (Lipinski definition) is 1. The van der Waals surface area contributed by atoms with Crippen molar-refractivity contribution < 1.29 is 13.6 Å². The first kappa shape index (κ1) is 19.6. The van der Waals surface area contributed by atoms with Crippen LogP contribution in [0.4, 0.5) is 4.39 Å². The summed E-state index contributed by atoms with van der Waals surface area (Å²) < 4.78 is 18.5. The highest BCUT2D eigenvalue weighted by atomic mass is 35.5. The monoisotopic (exact) mass is 413 g/mol. The van der Waals surface area contributed by atoms with E-state index in [-0.39, 0.29) is 17.4 Å². The number of amides is 1. The van der Waals surface area contributed by atoms with E-state index in [4.69, 9.17) is 16.0 Å². The number of nitrogens with one attached hydrogen (secondary N) is 1. The molecule has 29 heavy (non-hydrogen) atoms. The maximum absolute atomic E-state index is 13.0. The van der Waals surface area contributed by atoms with Gasteiger partial charge in [0, 0.05) is 24.2 Å². The summed E-state index contributed by atoms with van der Waals surface area (Å²) in [6, 6.07) is 14.3. The summed E-state index contributed by atoms with van der Waals surface area (Å²) in [5, 5.41) is 3.51. The topological polar surface area (TPSA) is 58.4 Å². The van der Waals surface area contributed by atoms with Crippen molar-refractivity contribution in [3.8, 4) is 0 Å². The summed E-state index contributed by atoms with van der Waals surface area (Å²) in [6.07, 6.45) is 3.64. The van der Waals surface area contributed by atoms with Crippen molar-refractivity contribution in [2.45, 2.75) is 38.5 Å². The lowest BCUT2D eigenvalue weighted by Gasteiger charge is -2.20. The number of nitrogens with zero attached hydrogens (tertiary/aromatic N) is 2. The third-order valence-electron chi connectivity index (χ3n) is 4.88. The Bertz CT molecular complexity index is 986. The Balaban J connectivity index is 1.36. The van der Waals surface area contributed by atoms with Crippen molar-refractivity contribution in [2.24, 2.45) is 0 Å². The quantitative estimate of drug-likeness (QED) is 0.588. The van der Waals surface area contributed by atoms with Gasteiger partial charge in [-0.3, -0.25) is 9.69 Å². The molecule has 150 valence electrons. The van der Waals surface area contributed by atoms with Crippen LogP contribution in [0, 0.1) is 5.82 Å². The minimum Gasteiger partial charge on any atom is -0.447 e. The van der Waals surface area contributed by atoms with Crippen LogP contribution in [-0.2, 0) is 19.6 Å². The second-order valence-corrected chi connectivity index (χ2v) is 7.57. The minimum absolute atomic E-state index is 0.232. The highest BCUT2D eigenvalue weighted by Crippen LogP contribution is 2.31. The summed E-state index contributed by atoms with van der Waals surface area (Å²) in [6.45, 7) is 1.52. The lowest BCUT2D eigenvalue weighted by molar-refractivity contribution is 0.0945. The van der Waals surface area contributed by atoms with Crippen LogP contribution in [0.15, 0.2) is 59.2 Å². The SMILES string of the molecule is O=C(NCc1ccc(F)cc1)c1coc(CN(Cc2ccccc2Cl)C2CC2)n1. The van der Waals surface area contributed by atoms with Crippen LogP contribution in [0.2, 0.25) is 5.02 Å². The summed E-state index contributed by atoms with van der Waals surface area (Å²) >= 11 is 6.30. The third kappa shape index (κ3) is 5.22. The van der Waals surface area contributed by atoms with Crippen molar-refractivity contribution in [1.29, 1.82) is 0 Å². The Hall–Kier alpha value is -2.70. The standard InChI is InChI=1S/C22H21ClFN3O2/c23-19-4-2-1-3-16(19)12-27(18-9-10-18)13-21-26-20(14-29-21)22(28)25-11-15-5-7-17(24)8-6-15/h1-8,14,18H,9-13H2,(H,25,28). The molecule has 0 spiro atoms. The molecule has 4 rings (SSSR count). The molecule has 0 atom stereocenters. The first-order valence-corrected chi connectivity index (χ1v) is 9.91. The fourth-order valence-corrected chi connectivity index (χ4v) is 3.33. The molecule has 1 aliphatic rings. The zero-order valence-corrected chi connectivity index (χ0v) is 16.5. The Labute approximate surface area is 173 Å². The first-order chi connectivity index (χ1) is 14.1. The largest absolute Gasteiger partial charge is 0.447 e. The van der Waals surface area contributed by atoms with Crippen LogP contribution < -0.4 is 5.32 Å². The maximum atomic E-state index is 13.0. The lowest BCUT2D eigenvalue weighted by atomic mass is 10.2. The Kier molecular flexibility index (Phi) is 5.92. The summed E-state index contributed by atoms with van der Waals surface area (Å²) in [5.41, 5.74) is 2.10. The molecule has 1 saturated carbocycles. The summed E-state index contributed by atoms with van der Waals surface area (Å²) in [4.78, 5) is 18.9. The average Bonchev–Trinajstić information content (AvgIpc) is 3.47. The van der Waals surface area contributed by atoms with E-state index in [2.05, 4.69) is 15.2 Å². The normalized spacial score (nSPS) is 13.6. The summed E-state index contributed by atoms with van der Waals surface area (Å²) in [7, 11) is 0. The van der Waals surface area contributed by atoms with Crippen molar-refractivity contribution in [3.63, 3.8) is 0 Å². The molecular weight excluding hydrogens is 393 g/mol. The molecule has 1 N–H and O–H groups in total. The van der Waals surface area contributed by atoms with Crippen LogP contribution in [0.3, 0.4) is 0 Å². The van der Waals surface area contributed by atoms with E-state index in [9.17, 15) is 9.18 Å². The van der Waals surface area contributed by atoms with E-state index in [0.29, 0.717) is 31.6 Å². The van der Waals surface area contributed by atoms with Crippen LogP contribution >= 0.6 is 11.6 Å². The van der Waals surface area contributed by atoms with Gasteiger partial charge in [0.1, 0.15) is 12.1 Å². The third-order valence-corrected chi connectivity index (χ3v) is 5.25. The smallest absolute Gasteiger partial charge is 0.273 e. The Morgan fingerprint density at radius 1 is 1.17 bits per heavy atom. The molecule has 1 fully saturated rings. The molecule has 0 saturated heterocycles. The Morgan fingerprint density at radius 3 is 2.66 bits per heavy atom. The van der Waals surface area contributed by atoms with Crippen molar-refractivity contribution in [3.05, 3.63) is 88.3 Å². The van der Waals surface area contributed by atoms with Gasteiger partial charge in [-0.1, -0.05) is 41.9 Å². The van der Waals surface area contributed by atoms with Gasteiger partial charge < -0.3 is 9.73 Å². The number of hydrogen-bond acceptors (Lipinski definition) is 4. The fourth-order valence-electron chi connectivity index (χ4n) is 3.14. The van der Waals surface area contributed by atoms with E-state index >= 15 is 0 Å². The van der Waals surface area contributed by atoms with Crippen molar-refractivity contribution in [1.82, 2.24) is 15.2 Å². The predicted molar refractivity (Wildman–Crippen MR) is 108 cm³/mol. The van der Waals surface area contributed by atoms with Gasteiger partial charge in [-0.25, -0.2) is 9.37 Å². The van der Waals surface area contributed by atoms with Gasteiger partial charge in [-0.05, 0) is 42.2 Å². The van der Waals surface area contributed by atoms with Gasteiger partial charge in [-0.2, -0.15) is 0 Å². The van der Waals surface area contributed by atoms with Gasteiger partial charge in [0.2, 0.25) is 5.89 Å². The zero-order chi connectivity index (χ0) is 20.2. The van der Waals surface area contributed by atoms with Crippen molar-refractivity contribution >= 4 is 17.5 Å². The number of halogens is 2. The van der Waals surface area contributed by atoms with Crippen LogP contribution in [-0.4, -0.2) is 21.8 Å². The molecule has 1 heterocycles. The van der Waals surface area contributed by atoms with Gasteiger partial charge >= 0.3 is 0 Å². The van der Waals surface area contributed by atoms with E-state index in [0.717, 1.165) is 29.0 Å². The molecule has 5 nitrogen and oxygen atoms in total. The van der Waals surface area contributed by atoms with Crippen LogP contribution in [0.1, 0.15) is 40.3 Å². The highest BCUT2D eigenvalue weighted by Gasteiger charge is 2.30. The second kappa shape index (κ2) is 8.76. The molecule has 0 unspecified atom stereocenters. The molecule has 1 amide bonds. The minimum atomic E-state index is -0.326. The number of oxazole rings is 1. The van der Waals surface area contributed by atoms with Gasteiger partial charge in [-0.15, -0.1) is 0 Å². The van der Waals surface area contributed by atoms with E-state index < -0.39 is 0 Å². The molecule has 7 heteroatoms. The van der Waals surface area contributed by atoms with E-state index in [1.165, 1.54) is 18.4 Å². The highest BCUT2D eigenvalue weighted by molar-refractivity contribution is 6.31. The molecule has 3 aromatic rings. The molecule has 1 aromatic heterocycles. The zero-order valence-electron chi connectivity index (χ0n) is 15.8. The molecular formula is C22H21ClFN3O2. The number of aromatic nitrogens is 1. The number of rotatable bonds is 8. The van der Waals surface area contributed by atoms with Gasteiger partial charge in [0.05, 0.1) is 6.54 Å². The fraction of sp³-hybridized carbons (Fsp3) is 0.273. The average molecular weight is 414 g/mol. The molecule has 0 aliphatic heterocycles. The Morgan fingerprint density at radius 2 is 1.93 bits per heavy atom. The van der Waals surface area contributed by atoms with Crippen LogP contribution in [0.25, 0.3) is 0 Å². The van der Waals surface area contributed by atoms with Gasteiger partial charge in [0.25, 0.3) is 5.91 Å². The molecule has 0 radical (unpaired) electrons. The predicted octanol–water partition coefficient (Wildman–Crippen LogP) is 4.56. The van der Waals surface area contributed by atoms with E-state index in [1.54, 1.807) is 12.1 Å². The first-order valence-electron chi connectivity index (χ1n) is 9.53. The second-order valence-electron chi connectivity index (χ2n) is 7.16. The van der Waals surface area contributed by atoms with Crippen molar-refractivity contribution in [2.75, 3.05) is 0 Å². The molecule has 1 aliphatic carbocycles. The summed E-state index contributed by atoms with van der Waals surface area (Å²) in [5.74, 6) is -0.137. The van der Waals surface area contributed by atoms with Gasteiger partial charge in [0.15, 0.2) is 5.69 Å². The van der Waals surface area contributed by atoms with E-state index in [1.807, 2.05) is 24.3 Å². The number of benzene rings is 2.